The van der Waals surface area contributed by atoms with Gasteiger partial charge in [0.2, 0.25) is 0 Å². The van der Waals surface area contributed by atoms with E-state index in [2.05, 4.69) is 10.2 Å². The fourth-order valence-corrected chi connectivity index (χ4v) is 2.16. The van der Waals surface area contributed by atoms with E-state index in [-0.39, 0.29) is 11.8 Å². The van der Waals surface area contributed by atoms with Crippen LogP contribution in [0.1, 0.15) is 0 Å². The molecule has 0 rings (SSSR count). The monoisotopic (exact) mass is 234 g/mol. The molecule has 7 heteroatoms. The lowest BCUT2D eigenvalue weighted by Gasteiger charge is -2.20. The van der Waals surface area contributed by atoms with Gasteiger partial charge in [-0.15, -0.1) is 23.2 Å². The molecule has 0 aliphatic carbocycles. The van der Waals surface area contributed by atoms with E-state index in [1.807, 2.05) is 0 Å². The molecule has 0 heterocycles. The fourth-order valence-electron chi connectivity index (χ4n) is 0.525. The zero-order chi connectivity index (χ0) is 9.61. The van der Waals surface area contributed by atoms with Gasteiger partial charge in [-0.25, -0.2) is 10.2 Å². The first kappa shape index (κ1) is 12.7. The first-order chi connectivity index (χ1) is 5.61. The van der Waals surface area contributed by atoms with E-state index in [1.54, 1.807) is 0 Å². The highest BCUT2D eigenvalue weighted by Gasteiger charge is 2.22. The molecule has 12 heavy (non-hydrogen) atoms. The van der Waals surface area contributed by atoms with Crippen LogP contribution in [0.4, 0.5) is 0 Å². The second-order valence-corrected chi connectivity index (χ2v) is 4.86. The Morgan fingerprint density at radius 2 is 1.75 bits per heavy atom. The smallest absolute Gasteiger partial charge is 0.300 e. The van der Waals surface area contributed by atoms with E-state index in [9.17, 15) is 4.57 Å². The van der Waals surface area contributed by atoms with Gasteiger partial charge in [-0.1, -0.05) is 0 Å². The Morgan fingerprint density at radius 1 is 1.33 bits per heavy atom. The van der Waals surface area contributed by atoms with Gasteiger partial charge in [0.1, 0.15) is 0 Å². The normalized spacial score (nSPS) is 12.4. The van der Waals surface area contributed by atoms with Crippen molar-refractivity contribution < 1.29 is 9.09 Å². The largest absolute Gasteiger partial charge is 0.340 e. The summed E-state index contributed by atoms with van der Waals surface area (Å²) in [4.78, 5) is 0. The molecule has 0 unspecified atom stereocenters. The molecule has 0 aromatic carbocycles. The minimum Gasteiger partial charge on any atom is -0.300 e. The third-order valence-electron chi connectivity index (χ3n) is 1.23. The molecule has 74 valence electrons. The second kappa shape index (κ2) is 6.19. The molecule has 0 aliphatic rings. The maximum atomic E-state index is 11.5. The van der Waals surface area contributed by atoms with Gasteiger partial charge < -0.3 is 4.52 Å². The molecule has 0 spiro atoms. The van der Waals surface area contributed by atoms with E-state index in [1.165, 1.54) is 14.1 Å². The van der Waals surface area contributed by atoms with Crippen molar-refractivity contribution in [3.63, 3.8) is 0 Å². The SMILES string of the molecule is CNP(=O)(NC)OC(CCl)CCl. The van der Waals surface area contributed by atoms with Crippen LogP contribution in [0, 0.1) is 0 Å². The molecule has 4 nitrogen and oxygen atoms in total. The summed E-state index contributed by atoms with van der Waals surface area (Å²) in [5.74, 6) is 0.438. The van der Waals surface area contributed by atoms with Crippen LogP contribution in [-0.4, -0.2) is 32.0 Å². The summed E-state index contributed by atoms with van der Waals surface area (Å²) in [5.41, 5.74) is 0. The average Bonchev–Trinajstić information content (AvgIpc) is 2.14. The second-order valence-electron chi connectivity index (χ2n) is 2.03. The van der Waals surface area contributed by atoms with Crippen molar-refractivity contribution in [3.05, 3.63) is 0 Å². The quantitative estimate of drug-likeness (QED) is 0.539. The standard InChI is InChI=1S/C5H13Cl2N2O2P/c1-8-12(10,9-2)11-5(3-6)4-7/h5H,3-4H2,1-2H3,(H2,8,9,10). The highest BCUT2D eigenvalue weighted by atomic mass is 35.5. The summed E-state index contributed by atoms with van der Waals surface area (Å²) in [6.07, 6.45) is -0.404. The zero-order valence-corrected chi connectivity index (χ0v) is 9.42. The van der Waals surface area contributed by atoms with Crippen LogP contribution >= 0.6 is 30.9 Å². The van der Waals surface area contributed by atoms with Crippen molar-refractivity contribution >= 4 is 30.9 Å². The lowest BCUT2D eigenvalue weighted by atomic mass is 10.5. The van der Waals surface area contributed by atoms with Crippen LogP contribution < -0.4 is 10.2 Å². The molecule has 0 saturated carbocycles. The Morgan fingerprint density at radius 3 is 2.00 bits per heavy atom. The summed E-state index contributed by atoms with van der Waals surface area (Å²) in [5, 5.41) is 5.06. The van der Waals surface area contributed by atoms with Crippen molar-refractivity contribution in [1.82, 2.24) is 10.2 Å². The van der Waals surface area contributed by atoms with Crippen LogP contribution in [0.25, 0.3) is 0 Å². The molecule has 0 saturated heterocycles. The molecular weight excluding hydrogens is 222 g/mol. The minimum absolute atomic E-state index is 0.219. The van der Waals surface area contributed by atoms with Crippen LogP contribution in [-0.2, 0) is 9.09 Å². The molecule has 2 N–H and O–H groups in total. The highest BCUT2D eigenvalue weighted by molar-refractivity contribution is 7.54. The van der Waals surface area contributed by atoms with Gasteiger partial charge >= 0.3 is 7.67 Å². The number of halogens is 2. The zero-order valence-electron chi connectivity index (χ0n) is 7.01. The van der Waals surface area contributed by atoms with Gasteiger partial charge in [0.05, 0.1) is 17.9 Å². The Balaban J connectivity index is 4.09. The van der Waals surface area contributed by atoms with Crippen LogP contribution in [0.5, 0.6) is 0 Å². The molecule has 0 bridgehead atoms. The fraction of sp³-hybridized carbons (Fsp3) is 1.00. The van der Waals surface area contributed by atoms with Gasteiger partial charge in [0.25, 0.3) is 0 Å². The van der Waals surface area contributed by atoms with E-state index < -0.39 is 13.8 Å². The van der Waals surface area contributed by atoms with Gasteiger partial charge in [0, 0.05) is 0 Å². The minimum atomic E-state index is -2.94. The Hall–Kier alpha value is 0.690. The molecule has 0 atom stereocenters. The van der Waals surface area contributed by atoms with Crippen LogP contribution in [0.15, 0.2) is 0 Å². The first-order valence-corrected chi connectivity index (χ1v) is 6.09. The number of rotatable bonds is 6. The molecule has 0 aliphatic heterocycles. The Bertz CT molecular complexity index is 158. The molecule has 0 radical (unpaired) electrons. The lowest BCUT2D eigenvalue weighted by molar-refractivity contribution is 0.240. The Labute approximate surface area is 82.5 Å². The van der Waals surface area contributed by atoms with Crippen molar-refractivity contribution in [2.75, 3.05) is 25.9 Å². The highest BCUT2D eigenvalue weighted by Crippen LogP contribution is 2.37. The summed E-state index contributed by atoms with van der Waals surface area (Å²) in [7, 11) is 0.138. The molecule has 0 aromatic heterocycles. The summed E-state index contributed by atoms with van der Waals surface area (Å²) >= 11 is 11.0. The van der Waals surface area contributed by atoms with Gasteiger partial charge in [-0.05, 0) is 14.1 Å². The van der Waals surface area contributed by atoms with E-state index in [0.717, 1.165) is 0 Å². The summed E-state index contributed by atoms with van der Waals surface area (Å²) < 4.78 is 16.6. The van der Waals surface area contributed by atoms with E-state index in [0.29, 0.717) is 0 Å². The molecular formula is C5H13Cl2N2O2P. The third kappa shape index (κ3) is 4.08. The topological polar surface area (TPSA) is 50.4 Å². The van der Waals surface area contributed by atoms with Crippen molar-refractivity contribution in [1.29, 1.82) is 0 Å². The summed E-state index contributed by atoms with van der Waals surface area (Å²) in [6, 6.07) is 0. The van der Waals surface area contributed by atoms with Gasteiger partial charge in [0.15, 0.2) is 0 Å². The average molecular weight is 235 g/mol. The van der Waals surface area contributed by atoms with E-state index in [4.69, 9.17) is 27.7 Å². The van der Waals surface area contributed by atoms with E-state index >= 15 is 0 Å². The third-order valence-corrected chi connectivity index (χ3v) is 3.69. The molecule has 0 fully saturated rings. The predicted molar refractivity (Wildman–Crippen MR) is 52.0 cm³/mol. The van der Waals surface area contributed by atoms with Crippen molar-refractivity contribution in [2.24, 2.45) is 0 Å². The number of hydrogen-bond donors (Lipinski definition) is 2. The molecule has 0 aromatic rings. The Kier molecular flexibility index (Phi) is 6.55. The maximum absolute atomic E-state index is 11.5. The summed E-state index contributed by atoms with van der Waals surface area (Å²) in [6.45, 7) is 0. The van der Waals surface area contributed by atoms with Crippen molar-refractivity contribution in [2.45, 2.75) is 6.10 Å². The predicted octanol–water partition coefficient (Wildman–Crippen LogP) is 1.40. The number of alkyl halides is 2. The van der Waals surface area contributed by atoms with Crippen LogP contribution in [0.2, 0.25) is 0 Å². The number of hydrogen-bond acceptors (Lipinski definition) is 2. The molecule has 0 amide bonds. The van der Waals surface area contributed by atoms with Crippen LogP contribution in [0.3, 0.4) is 0 Å². The van der Waals surface area contributed by atoms with Crippen molar-refractivity contribution in [3.8, 4) is 0 Å². The first-order valence-electron chi connectivity index (χ1n) is 3.40. The lowest BCUT2D eigenvalue weighted by Crippen LogP contribution is -2.25. The van der Waals surface area contributed by atoms with Gasteiger partial charge in [-0.2, -0.15) is 0 Å². The number of nitrogens with one attached hydrogen (secondary N) is 2. The maximum Gasteiger partial charge on any atom is 0.340 e. The van der Waals surface area contributed by atoms with Gasteiger partial charge in [-0.3, -0.25) is 4.57 Å².